The van der Waals surface area contributed by atoms with Gasteiger partial charge in [0.1, 0.15) is 6.10 Å². The van der Waals surface area contributed by atoms with Gasteiger partial charge >= 0.3 is 5.97 Å². The summed E-state index contributed by atoms with van der Waals surface area (Å²) in [6.45, 7) is 2.59. The molecule has 1 atom stereocenters. The first kappa shape index (κ1) is 14.9. The fraction of sp³-hybridized carbons (Fsp3) is 0.800. The smallest absolute Gasteiger partial charge is 0.305 e. The molecule has 16 heavy (non-hydrogen) atoms. The summed E-state index contributed by atoms with van der Waals surface area (Å²) in [5.74, 6) is -1.15. The standard InChI is InChI=1S/C10H19NO5/c1-8(16-7-6-15-3)10(14)11(2)5-4-9(12)13/h8H,4-7H2,1-3H3,(H,12,13). The highest BCUT2D eigenvalue weighted by Crippen LogP contribution is 1.98. The van der Waals surface area contributed by atoms with Crippen LogP contribution in [0.1, 0.15) is 13.3 Å². The Kier molecular flexibility index (Phi) is 7.49. The predicted octanol–water partition coefficient (Wildman–Crippen LogP) is -0.0290. The van der Waals surface area contributed by atoms with Crippen LogP contribution in [0.5, 0.6) is 0 Å². The van der Waals surface area contributed by atoms with E-state index in [2.05, 4.69) is 0 Å². The zero-order valence-corrected chi connectivity index (χ0v) is 9.93. The summed E-state index contributed by atoms with van der Waals surface area (Å²) in [4.78, 5) is 23.3. The van der Waals surface area contributed by atoms with Crippen LogP contribution in [0.2, 0.25) is 0 Å². The molecular formula is C10H19NO5. The average Bonchev–Trinajstić information content (AvgIpc) is 2.24. The average molecular weight is 233 g/mol. The van der Waals surface area contributed by atoms with Gasteiger partial charge in [-0.15, -0.1) is 0 Å². The number of aliphatic carboxylic acids is 1. The van der Waals surface area contributed by atoms with Crippen LogP contribution in [0.4, 0.5) is 0 Å². The molecule has 0 spiro atoms. The number of carbonyl (C=O) groups excluding carboxylic acids is 1. The van der Waals surface area contributed by atoms with Gasteiger partial charge in [0.05, 0.1) is 19.6 Å². The lowest BCUT2D eigenvalue weighted by molar-refractivity contribution is -0.143. The van der Waals surface area contributed by atoms with Gasteiger partial charge in [0.25, 0.3) is 5.91 Å². The zero-order valence-electron chi connectivity index (χ0n) is 9.93. The number of amides is 1. The molecule has 94 valence electrons. The third kappa shape index (κ3) is 6.36. The third-order valence-electron chi connectivity index (χ3n) is 2.04. The Hall–Kier alpha value is -1.14. The molecule has 0 bridgehead atoms. The Balaban J connectivity index is 3.86. The Bertz CT molecular complexity index is 231. The van der Waals surface area contributed by atoms with Crippen molar-refractivity contribution in [3.63, 3.8) is 0 Å². The molecule has 0 saturated heterocycles. The van der Waals surface area contributed by atoms with E-state index in [1.54, 1.807) is 21.1 Å². The lowest BCUT2D eigenvalue weighted by Gasteiger charge is -2.20. The van der Waals surface area contributed by atoms with Crippen LogP contribution >= 0.6 is 0 Å². The van der Waals surface area contributed by atoms with E-state index in [-0.39, 0.29) is 18.9 Å². The number of carboxylic acid groups (broad SMARTS) is 1. The molecule has 0 fully saturated rings. The van der Waals surface area contributed by atoms with Gasteiger partial charge < -0.3 is 19.5 Å². The van der Waals surface area contributed by atoms with Crippen molar-refractivity contribution in [2.24, 2.45) is 0 Å². The number of hydrogen-bond acceptors (Lipinski definition) is 4. The van der Waals surface area contributed by atoms with Gasteiger partial charge in [-0.1, -0.05) is 0 Å². The molecule has 0 aromatic carbocycles. The van der Waals surface area contributed by atoms with Gasteiger partial charge in [-0.2, -0.15) is 0 Å². The fourth-order valence-corrected chi connectivity index (χ4v) is 1.06. The molecule has 0 aliphatic heterocycles. The molecule has 0 heterocycles. The van der Waals surface area contributed by atoms with Gasteiger partial charge in [-0.25, -0.2) is 0 Å². The predicted molar refractivity (Wildman–Crippen MR) is 57.2 cm³/mol. The maximum Gasteiger partial charge on any atom is 0.305 e. The Morgan fingerprint density at radius 2 is 2.00 bits per heavy atom. The molecular weight excluding hydrogens is 214 g/mol. The minimum Gasteiger partial charge on any atom is -0.481 e. The monoisotopic (exact) mass is 233 g/mol. The molecule has 0 aromatic heterocycles. The van der Waals surface area contributed by atoms with E-state index < -0.39 is 12.1 Å². The zero-order chi connectivity index (χ0) is 12.6. The molecule has 0 saturated carbocycles. The largest absolute Gasteiger partial charge is 0.481 e. The van der Waals surface area contributed by atoms with Gasteiger partial charge in [0.15, 0.2) is 0 Å². The second-order valence-corrected chi connectivity index (χ2v) is 3.41. The quantitative estimate of drug-likeness (QED) is 0.596. The lowest BCUT2D eigenvalue weighted by atomic mass is 10.3. The lowest BCUT2D eigenvalue weighted by Crippen LogP contribution is -2.37. The molecule has 0 radical (unpaired) electrons. The summed E-state index contributed by atoms with van der Waals surface area (Å²) in [6.07, 6.45) is -0.638. The third-order valence-corrected chi connectivity index (χ3v) is 2.04. The van der Waals surface area contributed by atoms with Crippen molar-refractivity contribution in [3.8, 4) is 0 Å². The molecule has 6 heteroatoms. The number of carbonyl (C=O) groups is 2. The minimum absolute atomic E-state index is 0.0625. The van der Waals surface area contributed by atoms with Crippen molar-refractivity contribution in [1.29, 1.82) is 0 Å². The Morgan fingerprint density at radius 1 is 1.38 bits per heavy atom. The van der Waals surface area contributed by atoms with Crippen LogP contribution in [-0.4, -0.2) is 61.9 Å². The first-order chi connectivity index (χ1) is 7.49. The number of hydrogen-bond donors (Lipinski definition) is 1. The van der Waals surface area contributed by atoms with E-state index in [4.69, 9.17) is 14.6 Å². The summed E-state index contributed by atoms with van der Waals surface area (Å²) >= 11 is 0. The molecule has 0 aromatic rings. The molecule has 6 nitrogen and oxygen atoms in total. The highest BCUT2D eigenvalue weighted by molar-refractivity contribution is 5.80. The molecule has 0 aliphatic carbocycles. The van der Waals surface area contributed by atoms with Gasteiger partial charge in [0, 0.05) is 20.7 Å². The van der Waals surface area contributed by atoms with Crippen molar-refractivity contribution in [2.45, 2.75) is 19.4 Å². The maximum atomic E-state index is 11.6. The summed E-state index contributed by atoms with van der Waals surface area (Å²) in [5, 5.41) is 8.47. The Morgan fingerprint density at radius 3 is 2.50 bits per heavy atom. The SMILES string of the molecule is COCCOC(C)C(=O)N(C)CCC(=O)O. The van der Waals surface area contributed by atoms with Crippen molar-refractivity contribution < 1.29 is 24.2 Å². The van der Waals surface area contributed by atoms with Gasteiger partial charge in [-0.3, -0.25) is 9.59 Å². The second-order valence-electron chi connectivity index (χ2n) is 3.41. The van der Waals surface area contributed by atoms with Crippen LogP contribution in [0.15, 0.2) is 0 Å². The summed E-state index contributed by atoms with van der Waals surface area (Å²) in [6, 6.07) is 0. The second kappa shape index (κ2) is 8.06. The first-order valence-electron chi connectivity index (χ1n) is 5.06. The molecule has 1 unspecified atom stereocenters. The summed E-state index contributed by atoms with van der Waals surface area (Å²) < 4.78 is 9.99. The number of rotatable bonds is 8. The maximum absolute atomic E-state index is 11.6. The Labute approximate surface area is 95.1 Å². The normalized spacial score (nSPS) is 12.2. The van der Waals surface area contributed by atoms with Gasteiger partial charge in [0.2, 0.25) is 0 Å². The highest BCUT2D eigenvalue weighted by Gasteiger charge is 2.18. The van der Waals surface area contributed by atoms with Crippen molar-refractivity contribution in [1.82, 2.24) is 4.90 Å². The number of carboxylic acids is 1. The number of nitrogens with zero attached hydrogens (tertiary/aromatic N) is 1. The minimum atomic E-state index is -0.924. The van der Waals surface area contributed by atoms with Crippen molar-refractivity contribution in [3.05, 3.63) is 0 Å². The van der Waals surface area contributed by atoms with E-state index >= 15 is 0 Å². The fourth-order valence-electron chi connectivity index (χ4n) is 1.06. The topological polar surface area (TPSA) is 76.1 Å². The number of likely N-dealkylation sites (N-methyl/N-ethyl adjacent to an activating group) is 1. The highest BCUT2D eigenvalue weighted by atomic mass is 16.5. The van der Waals surface area contributed by atoms with Crippen LogP contribution in [0.3, 0.4) is 0 Å². The van der Waals surface area contributed by atoms with Crippen LogP contribution in [0.25, 0.3) is 0 Å². The van der Waals surface area contributed by atoms with E-state index in [9.17, 15) is 9.59 Å². The van der Waals surface area contributed by atoms with Gasteiger partial charge in [-0.05, 0) is 6.92 Å². The number of methoxy groups -OCH3 is 1. The van der Waals surface area contributed by atoms with Crippen LogP contribution < -0.4 is 0 Å². The van der Waals surface area contributed by atoms with E-state index in [1.165, 1.54) is 4.90 Å². The van der Waals surface area contributed by atoms with Crippen molar-refractivity contribution in [2.75, 3.05) is 33.9 Å². The number of ether oxygens (including phenoxy) is 2. The molecule has 0 rings (SSSR count). The summed E-state index contributed by atoms with van der Waals surface area (Å²) in [7, 11) is 3.11. The van der Waals surface area contributed by atoms with Crippen LogP contribution in [-0.2, 0) is 19.1 Å². The molecule has 0 aliphatic rings. The van der Waals surface area contributed by atoms with E-state index in [1.807, 2.05) is 0 Å². The summed E-state index contributed by atoms with van der Waals surface area (Å²) in [5.41, 5.74) is 0. The van der Waals surface area contributed by atoms with E-state index in [0.717, 1.165) is 0 Å². The molecule has 1 amide bonds. The van der Waals surface area contributed by atoms with Crippen molar-refractivity contribution >= 4 is 11.9 Å². The van der Waals surface area contributed by atoms with E-state index in [0.29, 0.717) is 13.2 Å². The van der Waals surface area contributed by atoms with Crippen LogP contribution in [0, 0.1) is 0 Å². The first-order valence-corrected chi connectivity index (χ1v) is 5.06. The molecule has 1 N–H and O–H groups in total.